The van der Waals surface area contributed by atoms with Crippen LogP contribution in [0.4, 0.5) is 5.69 Å². The lowest BCUT2D eigenvalue weighted by atomic mass is 9.90. The Morgan fingerprint density at radius 3 is 2.21 bits per heavy atom. The van der Waals surface area contributed by atoms with Crippen LogP contribution in [0.25, 0.3) is 0 Å². The van der Waals surface area contributed by atoms with Crippen molar-refractivity contribution >= 4 is 29.4 Å². The lowest BCUT2D eigenvalue weighted by molar-refractivity contribution is -0.142. The zero-order valence-corrected chi connectivity index (χ0v) is 19.7. The van der Waals surface area contributed by atoms with Crippen molar-refractivity contribution in [2.45, 2.75) is 52.6 Å². The summed E-state index contributed by atoms with van der Waals surface area (Å²) in [5.41, 5.74) is 1.29. The Kier molecular flexibility index (Phi) is 7.01. The molecule has 7 nitrogen and oxygen atoms in total. The van der Waals surface area contributed by atoms with Gasteiger partial charge >= 0.3 is 5.97 Å². The highest BCUT2D eigenvalue weighted by Gasteiger charge is 2.46. The minimum Gasteiger partial charge on any atom is -0.465 e. The first-order valence-corrected chi connectivity index (χ1v) is 10.9. The Hall–Kier alpha value is -3.48. The quantitative estimate of drug-likeness (QED) is 0.488. The predicted molar refractivity (Wildman–Crippen MR) is 124 cm³/mol. The minimum absolute atomic E-state index is 0.0926. The molecule has 1 fully saturated rings. The number of carbonyl (C=O) groups excluding carboxylic acids is 4. The van der Waals surface area contributed by atoms with Gasteiger partial charge in [-0.05, 0) is 42.2 Å². The SMILES string of the molecule is COC(=O)c1ccc(N2C(=O)CC(N(C(=O)CC(C)(C)C)C(C)c3ccccc3)C2=O)cc1. The fourth-order valence-electron chi connectivity index (χ4n) is 4.07. The normalized spacial score (nSPS) is 17.1. The first-order chi connectivity index (χ1) is 15.5. The molecule has 174 valence electrons. The molecule has 7 heteroatoms. The van der Waals surface area contributed by atoms with Gasteiger partial charge in [0.1, 0.15) is 6.04 Å². The second kappa shape index (κ2) is 9.57. The molecular weight excluding hydrogens is 420 g/mol. The van der Waals surface area contributed by atoms with Crippen molar-refractivity contribution < 1.29 is 23.9 Å². The number of ether oxygens (including phenoxy) is 1. The minimum atomic E-state index is -0.900. The first kappa shape index (κ1) is 24.2. The predicted octanol–water partition coefficient (Wildman–Crippen LogP) is 4.13. The summed E-state index contributed by atoms with van der Waals surface area (Å²) < 4.78 is 4.70. The van der Waals surface area contributed by atoms with E-state index in [0.717, 1.165) is 10.5 Å². The molecule has 3 amide bonds. The highest BCUT2D eigenvalue weighted by atomic mass is 16.5. The summed E-state index contributed by atoms with van der Waals surface area (Å²) in [5, 5.41) is 0. The Morgan fingerprint density at radius 1 is 1.06 bits per heavy atom. The third kappa shape index (κ3) is 5.30. The van der Waals surface area contributed by atoms with Gasteiger partial charge in [-0.25, -0.2) is 9.69 Å². The van der Waals surface area contributed by atoms with Gasteiger partial charge in [0.2, 0.25) is 11.8 Å². The van der Waals surface area contributed by atoms with Crippen LogP contribution in [0.3, 0.4) is 0 Å². The van der Waals surface area contributed by atoms with Crippen molar-refractivity contribution in [3.05, 3.63) is 65.7 Å². The highest BCUT2D eigenvalue weighted by molar-refractivity contribution is 6.23. The largest absolute Gasteiger partial charge is 0.465 e. The third-order valence-corrected chi connectivity index (χ3v) is 5.67. The molecule has 2 aromatic carbocycles. The summed E-state index contributed by atoms with van der Waals surface area (Å²) in [4.78, 5) is 54.1. The Bertz CT molecular complexity index is 1040. The number of hydrogen-bond donors (Lipinski definition) is 0. The smallest absolute Gasteiger partial charge is 0.337 e. The van der Waals surface area contributed by atoms with Crippen molar-refractivity contribution in [1.82, 2.24) is 4.90 Å². The molecule has 1 saturated heterocycles. The van der Waals surface area contributed by atoms with E-state index in [-0.39, 0.29) is 36.1 Å². The van der Waals surface area contributed by atoms with Gasteiger partial charge in [0, 0.05) is 6.42 Å². The number of benzene rings is 2. The van der Waals surface area contributed by atoms with Crippen molar-refractivity contribution in [2.75, 3.05) is 12.0 Å². The van der Waals surface area contributed by atoms with E-state index in [2.05, 4.69) is 0 Å². The molecule has 2 unspecified atom stereocenters. The maximum atomic E-state index is 13.5. The van der Waals surface area contributed by atoms with Crippen LogP contribution in [0.2, 0.25) is 0 Å². The van der Waals surface area contributed by atoms with E-state index in [1.807, 2.05) is 58.0 Å². The first-order valence-electron chi connectivity index (χ1n) is 10.9. The molecule has 0 radical (unpaired) electrons. The summed E-state index contributed by atoms with van der Waals surface area (Å²) in [5.74, 6) is -1.51. The molecule has 2 atom stereocenters. The van der Waals surface area contributed by atoms with Crippen LogP contribution in [-0.2, 0) is 19.1 Å². The number of hydrogen-bond acceptors (Lipinski definition) is 5. The van der Waals surface area contributed by atoms with Crippen molar-refractivity contribution in [3.63, 3.8) is 0 Å². The van der Waals surface area contributed by atoms with E-state index < -0.39 is 17.9 Å². The lowest BCUT2D eigenvalue weighted by Crippen LogP contribution is -2.47. The van der Waals surface area contributed by atoms with Crippen molar-refractivity contribution in [1.29, 1.82) is 0 Å². The van der Waals surface area contributed by atoms with Gasteiger partial charge in [-0.1, -0.05) is 51.1 Å². The molecule has 0 N–H and O–H groups in total. The number of nitrogens with zero attached hydrogens (tertiary/aromatic N) is 2. The van der Waals surface area contributed by atoms with Gasteiger partial charge in [-0.3, -0.25) is 14.4 Å². The molecule has 0 spiro atoms. The third-order valence-electron chi connectivity index (χ3n) is 5.67. The van der Waals surface area contributed by atoms with Gasteiger partial charge in [0.25, 0.3) is 5.91 Å². The van der Waals surface area contributed by atoms with E-state index in [0.29, 0.717) is 11.3 Å². The number of carbonyl (C=O) groups is 4. The Balaban J connectivity index is 1.94. The van der Waals surface area contributed by atoms with Gasteiger partial charge in [-0.2, -0.15) is 0 Å². The molecule has 33 heavy (non-hydrogen) atoms. The standard InChI is InChI=1S/C26H30N2O5/c1-17(18-9-7-6-8-10-18)27(23(30)16-26(2,3)4)21-15-22(29)28(24(21)31)20-13-11-19(12-14-20)25(32)33-5/h6-14,17,21H,15-16H2,1-5H3. The van der Waals surface area contributed by atoms with Gasteiger partial charge < -0.3 is 9.64 Å². The number of esters is 1. The van der Waals surface area contributed by atoms with Crippen LogP contribution in [-0.4, -0.2) is 41.7 Å². The highest BCUT2D eigenvalue weighted by Crippen LogP contribution is 2.33. The average Bonchev–Trinajstić information content (AvgIpc) is 3.06. The van der Waals surface area contributed by atoms with E-state index in [4.69, 9.17) is 4.74 Å². The average molecular weight is 451 g/mol. The lowest BCUT2D eigenvalue weighted by Gasteiger charge is -2.35. The topological polar surface area (TPSA) is 84.0 Å². The summed E-state index contributed by atoms with van der Waals surface area (Å²) in [6.07, 6.45) is 0.153. The van der Waals surface area contributed by atoms with E-state index >= 15 is 0 Å². The summed E-state index contributed by atoms with van der Waals surface area (Å²) in [6.45, 7) is 7.77. The molecule has 2 aromatic rings. The fourth-order valence-corrected chi connectivity index (χ4v) is 4.07. The molecule has 1 aliphatic rings. The van der Waals surface area contributed by atoms with E-state index in [9.17, 15) is 19.2 Å². The van der Waals surface area contributed by atoms with Crippen LogP contribution in [0, 0.1) is 5.41 Å². The van der Waals surface area contributed by atoms with Gasteiger partial charge in [0.15, 0.2) is 0 Å². The zero-order chi connectivity index (χ0) is 24.3. The number of rotatable bonds is 6. The van der Waals surface area contributed by atoms with Crippen LogP contribution in [0.1, 0.15) is 62.5 Å². The number of imide groups is 1. The second-order valence-electron chi connectivity index (χ2n) is 9.45. The summed E-state index contributed by atoms with van der Waals surface area (Å²) >= 11 is 0. The van der Waals surface area contributed by atoms with Crippen LogP contribution >= 0.6 is 0 Å². The maximum absolute atomic E-state index is 13.5. The molecule has 0 bridgehead atoms. The number of methoxy groups -OCH3 is 1. The Morgan fingerprint density at radius 2 is 1.67 bits per heavy atom. The maximum Gasteiger partial charge on any atom is 0.337 e. The monoisotopic (exact) mass is 450 g/mol. The van der Waals surface area contributed by atoms with Gasteiger partial charge in [-0.15, -0.1) is 0 Å². The molecular formula is C26H30N2O5. The van der Waals surface area contributed by atoms with Crippen LogP contribution in [0.15, 0.2) is 54.6 Å². The van der Waals surface area contributed by atoms with Crippen LogP contribution < -0.4 is 4.90 Å². The zero-order valence-electron chi connectivity index (χ0n) is 19.7. The number of anilines is 1. The molecule has 1 aliphatic heterocycles. The van der Waals surface area contributed by atoms with Gasteiger partial charge in [0.05, 0.1) is 30.8 Å². The molecule has 1 heterocycles. The number of amides is 3. The molecule has 0 aromatic heterocycles. The van der Waals surface area contributed by atoms with E-state index in [1.165, 1.54) is 31.4 Å². The van der Waals surface area contributed by atoms with Crippen LogP contribution in [0.5, 0.6) is 0 Å². The molecule has 0 aliphatic carbocycles. The summed E-state index contributed by atoms with van der Waals surface area (Å²) in [7, 11) is 1.28. The fraction of sp³-hybridized carbons (Fsp3) is 0.385. The second-order valence-corrected chi connectivity index (χ2v) is 9.45. The summed E-state index contributed by atoms with van der Waals surface area (Å²) in [6, 6.07) is 14.3. The van der Waals surface area contributed by atoms with Crippen molar-refractivity contribution in [3.8, 4) is 0 Å². The molecule has 0 saturated carbocycles. The van der Waals surface area contributed by atoms with E-state index in [1.54, 1.807) is 4.90 Å². The van der Waals surface area contributed by atoms with Crippen molar-refractivity contribution in [2.24, 2.45) is 5.41 Å². The molecule has 3 rings (SSSR count). The Labute approximate surface area is 194 Å².